The normalized spacial score (nSPS) is 10.7. The van der Waals surface area contributed by atoms with E-state index in [0.29, 0.717) is 16.8 Å². The quantitative estimate of drug-likeness (QED) is 0.688. The third-order valence-electron chi connectivity index (χ3n) is 2.97. The molecule has 0 spiro atoms. The largest absolute Gasteiger partial charge is 0.508 e. The fraction of sp³-hybridized carbons (Fsp3) is 0. The lowest BCUT2D eigenvalue weighted by molar-refractivity contribution is 0.101. The van der Waals surface area contributed by atoms with Crippen molar-refractivity contribution < 1.29 is 14.3 Å². The van der Waals surface area contributed by atoms with Crippen LogP contribution in [-0.4, -0.2) is 10.9 Å². The number of nitrogen functional groups attached to an aromatic ring is 1. The number of hydrogen-bond acceptors (Lipinski definition) is 4. The number of aromatic hydroxyl groups is 1. The molecule has 0 aliphatic heterocycles. The van der Waals surface area contributed by atoms with Gasteiger partial charge in [0.25, 0.3) is 0 Å². The molecule has 0 bridgehead atoms. The molecule has 3 aromatic rings. The van der Waals surface area contributed by atoms with Crippen LogP contribution in [0, 0.1) is 0 Å². The van der Waals surface area contributed by atoms with E-state index in [1.54, 1.807) is 6.07 Å². The first-order valence-electron chi connectivity index (χ1n) is 5.77. The van der Waals surface area contributed by atoms with E-state index in [2.05, 4.69) is 0 Å². The predicted molar refractivity (Wildman–Crippen MR) is 72.2 cm³/mol. The Balaban J connectivity index is 2.11. The second-order valence-corrected chi connectivity index (χ2v) is 4.22. The molecule has 19 heavy (non-hydrogen) atoms. The average Bonchev–Trinajstić information content (AvgIpc) is 2.77. The van der Waals surface area contributed by atoms with Crippen LogP contribution in [0.1, 0.15) is 16.1 Å². The van der Waals surface area contributed by atoms with Crippen molar-refractivity contribution in [3.8, 4) is 5.75 Å². The SMILES string of the molecule is Nc1c(C(=O)c2ccc(O)cc2)oc2ccccc12. The third-order valence-corrected chi connectivity index (χ3v) is 2.97. The van der Waals surface area contributed by atoms with Crippen molar-refractivity contribution in [2.75, 3.05) is 5.73 Å². The van der Waals surface area contributed by atoms with Crippen molar-refractivity contribution in [1.82, 2.24) is 0 Å². The number of carbonyl (C=O) groups is 1. The summed E-state index contributed by atoms with van der Waals surface area (Å²) in [7, 11) is 0. The molecule has 0 saturated carbocycles. The van der Waals surface area contributed by atoms with Gasteiger partial charge in [0.2, 0.25) is 5.78 Å². The Morgan fingerprint density at radius 1 is 1.05 bits per heavy atom. The molecular weight excluding hydrogens is 242 g/mol. The molecule has 1 heterocycles. The summed E-state index contributed by atoms with van der Waals surface area (Å²) in [5.41, 5.74) is 7.29. The molecule has 0 radical (unpaired) electrons. The minimum absolute atomic E-state index is 0.106. The Morgan fingerprint density at radius 2 is 1.74 bits per heavy atom. The minimum Gasteiger partial charge on any atom is -0.508 e. The van der Waals surface area contributed by atoms with Crippen LogP contribution < -0.4 is 5.73 Å². The molecule has 3 rings (SSSR count). The number of ketones is 1. The first kappa shape index (κ1) is 11.3. The Labute approximate surface area is 109 Å². The Morgan fingerprint density at radius 3 is 2.42 bits per heavy atom. The minimum atomic E-state index is -0.297. The van der Waals surface area contributed by atoms with Gasteiger partial charge in [-0.05, 0) is 36.4 Å². The van der Waals surface area contributed by atoms with Crippen LogP contribution in [0.4, 0.5) is 5.69 Å². The number of carbonyl (C=O) groups excluding carboxylic acids is 1. The Kier molecular flexibility index (Phi) is 2.49. The maximum absolute atomic E-state index is 12.3. The van der Waals surface area contributed by atoms with E-state index >= 15 is 0 Å². The summed E-state index contributed by atoms with van der Waals surface area (Å²) in [5.74, 6) is -0.0604. The van der Waals surface area contributed by atoms with Crippen molar-refractivity contribution in [1.29, 1.82) is 0 Å². The number of phenols is 1. The van der Waals surface area contributed by atoms with E-state index in [1.165, 1.54) is 24.3 Å². The van der Waals surface area contributed by atoms with Gasteiger partial charge < -0.3 is 15.3 Å². The summed E-state index contributed by atoms with van der Waals surface area (Å²) in [6.07, 6.45) is 0. The maximum Gasteiger partial charge on any atom is 0.230 e. The smallest absolute Gasteiger partial charge is 0.230 e. The molecular formula is C15H11NO3. The molecule has 0 fully saturated rings. The molecule has 0 atom stereocenters. The molecule has 0 unspecified atom stereocenters. The number of nitrogens with two attached hydrogens (primary N) is 1. The van der Waals surface area contributed by atoms with Gasteiger partial charge in [-0.1, -0.05) is 12.1 Å². The number of phenolic OH excluding ortho intramolecular Hbond substituents is 1. The molecule has 0 aliphatic carbocycles. The van der Waals surface area contributed by atoms with Gasteiger partial charge in [0.15, 0.2) is 5.76 Å². The Bertz CT molecular complexity index is 757. The molecule has 4 nitrogen and oxygen atoms in total. The van der Waals surface area contributed by atoms with Crippen LogP contribution in [0.2, 0.25) is 0 Å². The predicted octanol–water partition coefficient (Wildman–Crippen LogP) is 2.95. The summed E-state index contributed by atoms with van der Waals surface area (Å²) in [6, 6.07) is 13.2. The summed E-state index contributed by atoms with van der Waals surface area (Å²) < 4.78 is 5.51. The van der Waals surface area contributed by atoms with Crippen LogP contribution >= 0.6 is 0 Å². The van der Waals surface area contributed by atoms with Gasteiger partial charge in [0, 0.05) is 10.9 Å². The zero-order chi connectivity index (χ0) is 13.4. The van der Waals surface area contributed by atoms with Crippen LogP contribution in [0.3, 0.4) is 0 Å². The fourth-order valence-electron chi connectivity index (χ4n) is 1.98. The second-order valence-electron chi connectivity index (χ2n) is 4.22. The van der Waals surface area contributed by atoms with Gasteiger partial charge in [-0.3, -0.25) is 4.79 Å². The molecule has 3 N–H and O–H groups in total. The van der Waals surface area contributed by atoms with Crippen molar-refractivity contribution in [3.63, 3.8) is 0 Å². The summed E-state index contributed by atoms with van der Waals surface area (Å²) in [4.78, 5) is 12.3. The summed E-state index contributed by atoms with van der Waals surface area (Å²) >= 11 is 0. The van der Waals surface area contributed by atoms with Crippen molar-refractivity contribution in [2.45, 2.75) is 0 Å². The summed E-state index contributed by atoms with van der Waals surface area (Å²) in [5, 5.41) is 9.95. The van der Waals surface area contributed by atoms with E-state index in [4.69, 9.17) is 10.2 Å². The molecule has 4 heteroatoms. The second kappa shape index (κ2) is 4.17. The average molecular weight is 253 g/mol. The van der Waals surface area contributed by atoms with E-state index < -0.39 is 0 Å². The van der Waals surface area contributed by atoms with Crippen molar-refractivity contribution in [2.24, 2.45) is 0 Å². The van der Waals surface area contributed by atoms with E-state index in [0.717, 1.165) is 5.39 Å². The zero-order valence-corrected chi connectivity index (χ0v) is 9.96. The monoisotopic (exact) mass is 253 g/mol. The lowest BCUT2D eigenvalue weighted by Crippen LogP contribution is -2.02. The molecule has 1 aromatic heterocycles. The van der Waals surface area contributed by atoms with E-state index in [-0.39, 0.29) is 17.3 Å². The molecule has 0 amide bonds. The van der Waals surface area contributed by atoms with Crippen LogP contribution in [-0.2, 0) is 0 Å². The third kappa shape index (κ3) is 1.83. The Hall–Kier alpha value is -2.75. The number of fused-ring (bicyclic) bond motifs is 1. The number of anilines is 1. The highest BCUT2D eigenvalue weighted by atomic mass is 16.3. The van der Waals surface area contributed by atoms with Gasteiger partial charge in [-0.2, -0.15) is 0 Å². The van der Waals surface area contributed by atoms with Crippen molar-refractivity contribution >= 4 is 22.4 Å². The fourth-order valence-corrected chi connectivity index (χ4v) is 1.98. The van der Waals surface area contributed by atoms with Crippen LogP contribution in [0.25, 0.3) is 11.0 Å². The topological polar surface area (TPSA) is 76.5 Å². The number of hydrogen-bond donors (Lipinski definition) is 2. The number of para-hydroxylation sites is 1. The highest BCUT2D eigenvalue weighted by Crippen LogP contribution is 2.29. The zero-order valence-electron chi connectivity index (χ0n) is 9.96. The maximum atomic E-state index is 12.3. The van der Waals surface area contributed by atoms with E-state index in [9.17, 15) is 9.90 Å². The standard InChI is InChI=1S/C15H11NO3/c16-13-11-3-1-2-4-12(11)19-15(13)14(18)9-5-7-10(17)8-6-9/h1-8,17H,16H2. The first-order valence-corrected chi connectivity index (χ1v) is 5.77. The lowest BCUT2D eigenvalue weighted by Gasteiger charge is -1.99. The van der Waals surface area contributed by atoms with Crippen LogP contribution in [0.5, 0.6) is 5.75 Å². The lowest BCUT2D eigenvalue weighted by atomic mass is 10.1. The van der Waals surface area contributed by atoms with Crippen LogP contribution in [0.15, 0.2) is 52.9 Å². The van der Waals surface area contributed by atoms with Crippen molar-refractivity contribution in [3.05, 3.63) is 59.9 Å². The summed E-state index contributed by atoms with van der Waals surface area (Å²) in [6.45, 7) is 0. The van der Waals surface area contributed by atoms with Gasteiger partial charge in [0.05, 0.1) is 5.69 Å². The molecule has 94 valence electrons. The first-order chi connectivity index (χ1) is 9.16. The highest BCUT2D eigenvalue weighted by Gasteiger charge is 2.19. The number of benzene rings is 2. The number of furan rings is 1. The molecule has 2 aromatic carbocycles. The van der Waals surface area contributed by atoms with Gasteiger partial charge in [-0.15, -0.1) is 0 Å². The molecule has 0 saturated heterocycles. The van der Waals surface area contributed by atoms with Gasteiger partial charge in [0.1, 0.15) is 11.3 Å². The van der Waals surface area contributed by atoms with Gasteiger partial charge in [-0.25, -0.2) is 0 Å². The number of rotatable bonds is 2. The molecule has 0 aliphatic rings. The van der Waals surface area contributed by atoms with E-state index in [1.807, 2.05) is 18.2 Å². The highest BCUT2D eigenvalue weighted by molar-refractivity contribution is 6.14. The van der Waals surface area contributed by atoms with Gasteiger partial charge >= 0.3 is 0 Å².